The van der Waals surface area contributed by atoms with E-state index in [0.29, 0.717) is 5.88 Å². The van der Waals surface area contributed by atoms with Gasteiger partial charge >= 0.3 is 0 Å². The molecule has 1 nitrogen and oxygen atoms in total. The van der Waals surface area contributed by atoms with Gasteiger partial charge in [-0.1, -0.05) is 31.9 Å². The summed E-state index contributed by atoms with van der Waals surface area (Å²) in [4.78, 5) is 2.55. The molecule has 0 aromatic heterocycles. The van der Waals surface area contributed by atoms with E-state index in [-0.39, 0.29) is 0 Å². The van der Waals surface area contributed by atoms with Crippen molar-refractivity contribution < 1.29 is 0 Å². The highest BCUT2D eigenvalue weighted by Crippen LogP contribution is 2.21. The summed E-state index contributed by atoms with van der Waals surface area (Å²) in [6.45, 7) is 5.93. The van der Waals surface area contributed by atoms with E-state index in [0.717, 1.165) is 12.5 Å². The monoisotopic (exact) mass is 229 g/mol. The van der Waals surface area contributed by atoms with Crippen molar-refractivity contribution in [2.75, 3.05) is 25.5 Å². The fourth-order valence-electron chi connectivity index (χ4n) is 2.39. The lowest BCUT2D eigenvalue weighted by Crippen LogP contribution is -2.24. The molecule has 0 N–H and O–H groups in total. The molecule has 0 bridgehead atoms. The number of likely N-dealkylation sites (tertiary alicyclic amines) is 1. The first-order valence-electron chi connectivity index (χ1n) is 6.30. The van der Waals surface area contributed by atoms with E-state index in [1.807, 2.05) is 0 Å². The van der Waals surface area contributed by atoms with Crippen LogP contribution in [0.4, 0.5) is 0 Å². The molecule has 0 aromatic carbocycles. The second kappa shape index (κ2) is 8.18. The van der Waals surface area contributed by atoms with Crippen molar-refractivity contribution in [3.63, 3.8) is 0 Å². The van der Waals surface area contributed by atoms with Crippen LogP contribution in [0.25, 0.3) is 0 Å². The minimum Gasteiger partial charge on any atom is -0.300 e. The summed E-state index contributed by atoms with van der Waals surface area (Å²) in [5.41, 5.74) is 0. The van der Waals surface area contributed by atoms with Gasteiger partial charge in [0.2, 0.25) is 0 Å². The molecular formula is C13H24ClN. The molecule has 1 saturated heterocycles. The van der Waals surface area contributed by atoms with Crippen LogP contribution >= 0.6 is 11.6 Å². The summed E-state index contributed by atoms with van der Waals surface area (Å²) in [7, 11) is 0. The van der Waals surface area contributed by atoms with Gasteiger partial charge in [0.1, 0.15) is 0 Å². The normalized spacial score (nSPS) is 24.5. The lowest BCUT2D eigenvalue weighted by Gasteiger charge is -2.17. The quantitative estimate of drug-likeness (QED) is 0.514. The Hall–Kier alpha value is -0.0100. The van der Waals surface area contributed by atoms with Crippen LogP contribution in [-0.2, 0) is 0 Å². The third kappa shape index (κ3) is 5.58. The highest BCUT2D eigenvalue weighted by Gasteiger charge is 2.14. The van der Waals surface area contributed by atoms with Crippen molar-refractivity contribution in [1.82, 2.24) is 4.90 Å². The van der Waals surface area contributed by atoms with Crippen LogP contribution in [0.3, 0.4) is 0 Å². The lowest BCUT2D eigenvalue weighted by molar-refractivity contribution is 0.308. The number of halogens is 1. The highest BCUT2D eigenvalue weighted by molar-refractivity contribution is 6.18. The standard InChI is InChI=1S/C13H24ClN/c1-2-6-13-7-5-11-15(12-8-13)10-4-3-9-14/h3-4,13H,2,5-12H2,1H3. The van der Waals surface area contributed by atoms with E-state index in [1.165, 1.54) is 45.2 Å². The number of rotatable bonds is 5. The van der Waals surface area contributed by atoms with Gasteiger partial charge < -0.3 is 0 Å². The molecule has 1 aliphatic rings. The van der Waals surface area contributed by atoms with Crippen molar-refractivity contribution >= 4 is 11.6 Å². The van der Waals surface area contributed by atoms with E-state index >= 15 is 0 Å². The summed E-state index contributed by atoms with van der Waals surface area (Å²) in [6, 6.07) is 0. The van der Waals surface area contributed by atoms with Crippen LogP contribution in [0.2, 0.25) is 0 Å². The predicted molar refractivity (Wildman–Crippen MR) is 68.5 cm³/mol. The van der Waals surface area contributed by atoms with E-state index < -0.39 is 0 Å². The Morgan fingerprint density at radius 1 is 1.27 bits per heavy atom. The lowest BCUT2D eigenvalue weighted by atomic mass is 9.96. The molecule has 1 heterocycles. The zero-order valence-corrected chi connectivity index (χ0v) is 10.7. The summed E-state index contributed by atoms with van der Waals surface area (Å²) in [6.07, 6.45) is 11.2. The molecule has 0 aliphatic carbocycles. The van der Waals surface area contributed by atoms with Crippen LogP contribution in [0.5, 0.6) is 0 Å². The fraction of sp³-hybridized carbons (Fsp3) is 0.846. The van der Waals surface area contributed by atoms with Gasteiger partial charge in [-0.25, -0.2) is 0 Å². The SMILES string of the molecule is CCCC1CCCN(CC=CCCl)CC1. The summed E-state index contributed by atoms with van der Waals surface area (Å²) >= 11 is 5.61. The number of hydrogen-bond acceptors (Lipinski definition) is 1. The topological polar surface area (TPSA) is 3.24 Å². The Bertz CT molecular complexity index is 179. The zero-order chi connectivity index (χ0) is 10.9. The van der Waals surface area contributed by atoms with Crippen LogP contribution in [0.1, 0.15) is 39.0 Å². The average Bonchev–Trinajstić information content (AvgIpc) is 2.45. The van der Waals surface area contributed by atoms with Crippen molar-refractivity contribution in [3.8, 4) is 0 Å². The Kier molecular flexibility index (Phi) is 7.12. The third-order valence-corrected chi connectivity index (χ3v) is 3.43. The second-order valence-corrected chi connectivity index (χ2v) is 4.82. The van der Waals surface area contributed by atoms with Crippen molar-refractivity contribution in [3.05, 3.63) is 12.2 Å². The van der Waals surface area contributed by atoms with Crippen LogP contribution in [-0.4, -0.2) is 30.4 Å². The molecule has 1 unspecified atom stereocenters. The summed E-state index contributed by atoms with van der Waals surface area (Å²) < 4.78 is 0. The van der Waals surface area contributed by atoms with Gasteiger partial charge in [0.05, 0.1) is 0 Å². The van der Waals surface area contributed by atoms with Gasteiger partial charge in [0.15, 0.2) is 0 Å². The van der Waals surface area contributed by atoms with E-state index in [4.69, 9.17) is 11.6 Å². The van der Waals surface area contributed by atoms with Gasteiger partial charge in [0, 0.05) is 12.4 Å². The van der Waals surface area contributed by atoms with Gasteiger partial charge in [-0.3, -0.25) is 4.90 Å². The van der Waals surface area contributed by atoms with Gasteiger partial charge in [-0.05, 0) is 38.3 Å². The van der Waals surface area contributed by atoms with E-state index in [9.17, 15) is 0 Å². The minimum absolute atomic E-state index is 0.645. The first-order valence-corrected chi connectivity index (χ1v) is 6.83. The molecule has 0 amide bonds. The molecule has 0 saturated carbocycles. The average molecular weight is 230 g/mol. The predicted octanol–water partition coefficient (Wildman–Crippen LogP) is 3.68. The van der Waals surface area contributed by atoms with Gasteiger partial charge in [-0.2, -0.15) is 0 Å². The van der Waals surface area contributed by atoms with Gasteiger partial charge in [-0.15, -0.1) is 11.6 Å². The number of alkyl halides is 1. The molecule has 2 heteroatoms. The first-order chi connectivity index (χ1) is 7.36. The Morgan fingerprint density at radius 3 is 2.87 bits per heavy atom. The maximum absolute atomic E-state index is 5.61. The molecule has 1 atom stereocenters. The van der Waals surface area contributed by atoms with Gasteiger partial charge in [0.25, 0.3) is 0 Å². The first kappa shape index (κ1) is 13.1. The van der Waals surface area contributed by atoms with E-state index in [1.54, 1.807) is 0 Å². The number of allylic oxidation sites excluding steroid dienone is 1. The molecule has 0 radical (unpaired) electrons. The molecular weight excluding hydrogens is 206 g/mol. The largest absolute Gasteiger partial charge is 0.300 e. The minimum atomic E-state index is 0.645. The molecule has 0 aromatic rings. The van der Waals surface area contributed by atoms with Crippen molar-refractivity contribution in [1.29, 1.82) is 0 Å². The Labute approximate surface area is 99.5 Å². The Morgan fingerprint density at radius 2 is 2.13 bits per heavy atom. The molecule has 15 heavy (non-hydrogen) atoms. The van der Waals surface area contributed by atoms with Crippen LogP contribution < -0.4 is 0 Å². The fourth-order valence-corrected chi connectivity index (χ4v) is 2.52. The van der Waals surface area contributed by atoms with Crippen LogP contribution in [0.15, 0.2) is 12.2 Å². The summed E-state index contributed by atoms with van der Waals surface area (Å²) in [5, 5.41) is 0. The maximum atomic E-state index is 5.61. The molecule has 1 fully saturated rings. The van der Waals surface area contributed by atoms with Crippen molar-refractivity contribution in [2.24, 2.45) is 5.92 Å². The molecule has 1 aliphatic heterocycles. The number of hydrogen-bond donors (Lipinski definition) is 0. The zero-order valence-electron chi connectivity index (χ0n) is 9.92. The Balaban J connectivity index is 2.23. The highest BCUT2D eigenvalue weighted by atomic mass is 35.5. The molecule has 88 valence electrons. The van der Waals surface area contributed by atoms with E-state index in [2.05, 4.69) is 24.0 Å². The smallest absolute Gasteiger partial charge is 0.0404 e. The van der Waals surface area contributed by atoms with Crippen LogP contribution in [0, 0.1) is 5.92 Å². The third-order valence-electron chi connectivity index (χ3n) is 3.26. The summed E-state index contributed by atoms with van der Waals surface area (Å²) in [5.74, 6) is 1.63. The number of nitrogens with zero attached hydrogens (tertiary/aromatic N) is 1. The molecule has 1 rings (SSSR count). The molecule has 0 spiro atoms. The second-order valence-electron chi connectivity index (χ2n) is 4.51. The maximum Gasteiger partial charge on any atom is 0.0404 e. The van der Waals surface area contributed by atoms with Crippen molar-refractivity contribution in [2.45, 2.75) is 39.0 Å².